The molecule has 2 N–H and O–H groups in total. The summed E-state index contributed by atoms with van der Waals surface area (Å²) < 4.78 is 5.16. The Hall–Kier alpha value is -1.03. The van der Waals surface area contributed by atoms with Crippen LogP contribution in [0.25, 0.3) is 0 Å². The normalized spacial score (nSPS) is 19.5. The number of H-pyrrole nitrogens is 1. The van der Waals surface area contributed by atoms with Gasteiger partial charge in [-0.3, -0.25) is 5.10 Å². The second-order valence-electron chi connectivity index (χ2n) is 4.09. The summed E-state index contributed by atoms with van der Waals surface area (Å²) in [4.78, 5) is 0. The molecule has 72 valence electrons. The average molecular weight is 181 g/mol. The summed E-state index contributed by atoms with van der Waals surface area (Å²) in [5.41, 5.74) is 1.38. The highest BCUT2D eigenvalue weighted by Crippen LogP contribution is 2.26. The number of hydrogen-bond acceptors (Lipinski definition) is 3. The van der Waals surface area contributed by atoms with Gasteiger partial charge in [-0.1, -0.05) is 6.92 Å². The van der Waals surface area contributed by atoms with Crippen molar-refractivity contribution in [1.82, 2.24) is 10.2 Å². The lowest BCUT2D eigenvalue weighted by Crippen LogP contribution is -2.45. The van der Waals surface area contributed by atoms with E-state index in [0.717, 1.165) is 31.3 Å². The van der Waals surface area contributed by atoms with Crippen LogP contribution in [0.3, 0.4) is 0 Å². The van der Waals surface area contributed by atoms with Crippen LogP contribution in [-0.4, -0.2) is 30.0 Å². The van der Waals surface area contributed by atoms with Gasteiger partial charge in [-0.2, -0.15) is 5.10 Å². The molecule has 0 unspecified atom stereocenters. The van der Waals surface area contributed by atoms with Gasteiger partial charge in [0.1, 0.15) is 5.82 Å². The zero-order valence-electron chi connectivity index (χ0n) is 8.05. The molecule has 4 heteroatoms. The van der Waals surface area contributed by atoms with Crippen molar-refractivity contribution in [2.24, 2.45) is 5.41 Å². The van der Waals surface area contributed by atoms with Gasteiger partial charge in [0.25, 0.3) is 0 Å². The van der Waals surface area contributed by atoms with Crippen molar-refractivity contribution in [3.05, 3.63) is 11.8 Å². The zero-order chi connectivity index (χ0) is 9.31. The first-order valence-corrected chi connectivity index (χ1v) is 4.52. The van der Waals surface area contributed by atoms with Crippen molar-refractivity contribution in [2.75, 3.05) is 25.1 Å². The van der Waals surface area contributed by atoms with Crippen molar-refractivity contribution < 1.29 is 4.74 Å². The molecule has 1 fully saturated rings. The molecule has 1 aliphatic rings. The Morgan fingerprint density at radius 2 is 2.46 bits per heavy atom. The number of nitrogens with zero attached hydrogens (tertiary/aromatic N) is 1. The smallest absolute Gasteiger partial charge is 0.148 e. The molecular weight excluding hydrogens is 166 g/mol. The molecule has 0 aliphatic carbocycles. The van der Waals surface area contributed by atoms with Gasteiger partial charge < -0.3 is 10.1 Å². The van der Waals surface area contributed by atoms with E-state index in [1.54, 1.807) is 0 Å². The third kappa shape index (κ3) is 1.83. The lowest BCUT2D eigenvalue weighted by Gasteiger charge is -2.38. The number of anilines is 1. The van der Waals surface area contributed by atoms with Gasteiger partial charge in [0.2, 0.25) is 0 Å². The summed E-state index contributed by atoms with van der Waals surface area (Å²) in [5.74, 6) is 0.922. The van der Waals surface area contributed by atoms with Crippen LogP contribution < -0.4 is 5.32 Å². The molecule has 1 aliphatic heterocycles. The second kappa shape index (κ2) is 3.03. The van der Waals surface area contributed by atoms with Crippen molar-refractivity contribution in [1.29, 1.82) is 0 Å². The molecular formula is C9H15N3O. The maximum absolute atomic E-state index is 5.16. The first-order valence-electron chi connectivity index (χ1n) is 4.52. The maximum atomic E-state index is 5.16. The quantitative estimate of drug-likeness (QED) is 0.735. The fourth-order valence-electron chi connectivity index (χ4n) is 1.37. The summed E-state index contributed by atoms with van der Waals surface area (Å²) in [6.45, 7) is 6.83. The molecule has 2 heterocycles. The van der Waals surface area contributed by atoms with Gasteiger partial charge in [0, 0.05) is 23.7 Å². The molecule has 0 saturated carbocycles. The molecule has 2 rings (SSSR count). The van der Waals surface area contributed by atoms with Crippen LogP contribution in [0.15, 0.2) is 6.07 Å². The van der Waals surface area contributed by atoms with Crippen LogP contribution in [0.4, 0.5) is 5.82 Å². The molecule has 0 amide bonds. The van der Waals surface area contributed by atoms with E-state index in [1.165, 1.54) is 0 Å². The SMILES string of the molecule is Cc1cc(NCC2(C)COC2)n[nH]1. The van der Waals surface area contributed by atoms with Crippen molar-refractivity contribution in [2.45, 2.75) is 13.8 Å². The number of nitrogens with one attached hydrogen (secondary N) is 2. The molecule has 4 nitrogen and oxygen atoms in total. The first kappa shape index (κ1) is 8.56. The summed E-state index contributed by atoms with van der Waals surface area (Å²) in [7, 11) is 0. The van der Waals surface area contributed by atoms with Gasteiger partial charge >= 0.3 is 0 Å². The fraction of sp³-hybridized carbons (Fsp3) is 0.667. The Morgan fingerprint density at radius 3 is 2.92 bits per heavy atom. The van der Waals surface area contributed by atoms with Gasteiger partial charge in [0.05, 0.1) is 13.2 Å². The van der Waals surface area contributed by atoms with Gasteiger partial charge in [-0.25, -0.2) is 0 Å². The van der Waals surface area contributed by atoms with Crippen LogP contribution in [0.1, 0.15) is 12.6 Å². The fourth-order valence-corrected chi connectivity index (χ4v) is 1.37. The van der Waals surface area contributed by atoms with E-state index < -0.39 is 0 Å². The zero-order valence-corrected chi connectivity index (χ0v) is 8.05. The van der Waals surface area contributed by atoms with E-state index in [1.807, 2.05) is 13.0 Å². The number of aryl methyl sites for hydroxylation is 1. The molecule has 0 spiro atoms. The minimum Gasteiger partial charge on any atom is -0.380 e. The van der Waals surface area contributed by atoms with Crippen LogP contribution in [-0.2, 0) is 4.74 Å². The topological polar surface area (TPSA) is 49.9 Å². The minimum absolute atomic E-state index is 0.298. The predicted molar refractivity (Wildman–Crippen MR) is 50.7 cm³/mol. The molecule has 0 bridgehead atoms. The number of aromatic nitrogens is 2. The lowest BCUT2D eigenvalue weighted by molar-refractivity contribution is -0.0924. The third-order valence-corrected chi connectivity index (χ3v) is 2.30. The Bertz CT molecular complexity index is 291. The highest BCUT2D eigenvalue weighted by atomic mass is 16.5. The molecule has 0 radical (unpaired) electrons. The van der Waals surface area contributed by atoms with Crippen LogP contribution >= 0.6 is 0 Å². The summed E-state index contributed by atoms with van der Waals surface area (Å²) in [5, 5.41) is 10.3. The monoisotopic (exact) mass is 181 g/mol. The van der Waals surface area contributed by atoms with Crippen molar-refractivity contribution in [3.8, 4) is 0 Å². The van der Waals surface area contributed by atoms with E-state index in [9.17, 15) is 0 Å². The second-order valence-corrected chi connectivity index (χ2v) is 4.09. The summed E-state index contributed by atoms with van der Waals surface area (Å²) in [6.07, 6.45) is 0. The molecule has 1 aromatic rings. The Labute approximate surface area is 77.7 Å². The summed E-state index contributed by atoms with van der Waals surface area (Å²) >= 11 is 0. The van der Waals surface area contributed by atoms with E-state index >= 15 is 0 Å². The van der Waals surface area contributed by atoms with E-state index in [0.29, 0.717) is 5.41 Å². The van der Waals surface area contributed by atoms with Crippen molar-refractivity contribution in [3.63, 3.8) is 0 Å². The van der Waals surface area contributed by atoms with Gasteiger partial charge in [-0.05, 0) is 6.92 Å². The first-order chi connectivity index (χ1) is 6.18. The average Bonchev–Trinajstić information content (AvgIpc) is 2.44. The number of hydrogen-bond donors (Lipinski definition) is 2. The highest BCUT2D eigenvalue weighted by molar-refractivity contribution is 5.35. The summed E-state index contributed by atoms with van der Waals surface area (Å²) in [6, 6.07) is 2.00. The van der Waals surface area contributed by atoms with E-state index in [-0.39, 0.29) is 0 Å². The van der Waals surface area contributed by atoms with E-state index in [2.05, 4.69) is 22.4 Å². The highest BCUT2D eigenvalue weighted by Gasteiger charge is 2.33. The largest absolute Gasteiger partial charge is 0.380 e. The predicted octanol–water partition coefficient (Wildman–Crippen LogP) is 1.17. The number of ether oxygens (including phenoxy) is 1. The Kier molecular flexibility index (Phi) is 2.00. The Morgan fingerprint density at radius 1 is 1.69 bits per heavy atom. The maximum Gasteiger partial charge on any atom is 0.148 e. The minimum atomic E-state index is 0.298. The Balaban J connectivity index is 1.85. The molecule has 0 atom stereocenters. The van der Waals surface area contributed by atoms with Gasteiger partial charge in [0.15, 0.2) is 0 Å². The molecule has 0 aromatic carbocycles. The lowest BCUT2D eigenvalue weighted by atomic mass is 9.89. The molecule has 13 heavy (non-hydrogen) atoms. The van der Waals surface area contributed by atoms with Crippen LogP contribution in [0.2, 0.25) is 0 Å². The van der Waals surface area contributed by atoms with E-state index in [4.69, 9.17) is 4.74 Å². The number of rotatable bonds is 3. The molecule has 1 saturated heterocycles. The standard InChI is InChI=1S/C9H15N3O/c1-7-3-8(12-11-7)10-4-9(2)5-13-6-9/h3H,4-6H2,1-2H3,(H2,10,11,12). The van der Waals surface area contributed by atoms with Gasteiger partial charge in [-0.15, -0.1) is 0 Å². The van der Waals surface area contributed by atoms with Crippen molar-refractivity contribution >= 4 is 5.82 Å². The van der Waals surface area contributed by atoms with Crippen LogP contribution in [0, 0.1) is 12.3 Å². The number of aromatic amines is 1. The molecule has 1 aromatic heterocycles. The third-order valence-electron chi connectivity index (χ3n) is 2.30. The van der Waals surface area contributed by atoms with Crippen LogP contribution in [0.5, 0.6) is 0 Å².